The highest BCUT2D eigenvalue weighted by Crippen LogP contribution is 2.22. The molecular weight excluding hydrogens is 236 g/mol. The summed E-state index contributed by atoms with van der Waals surface area (Å²) in [4.78, 5) is 4.40. The van der Waals surface area contributed by atoms with Gasteiger partial charge in [0.15, 0.2) is 0 Å². The Morgan fingerprint density at radius 3 is 3.00 bits per heavy atom. The standard InChI is InChI=1S/C16H22N2O/c1-3-14-6-5-13(11-15(14)4-1)7-10-19-12-16-17-8-2-9-18-16/h5-6,11H,1-4,7-10,12H2,(H,17,18). The Balaban J connectivity index is 1.43. The van der Waals surface area contributed by atoms with Gasteiger partial charge in [0, 0.05) is 13.1 Å². The van der Waals surface area contributed by atoms with Crippen LogP contribution in [0, 0.1) is 0 Å². The SMILES string of the molecule is c1cc2c(cc1CCOCC1=NCCCN1)CCC2. The minimum Gasteiger partial charge on any atom is -0.373 e. The third-order valence-electron chi connectivity index (χ3n) is 3.90. The monoisotopic (exact) mass is 258 g/mol. The number of benzene rings is 1. The molecule has 1 aromatic rings. The molecule has 3 heteroatoms. The van der Waals surface area contributed by atoms with Crippen LogP contribution in [0.4, 0.5) is 0 Å². The lowest BCUT2D eigenvalue weighted by Crippen LogP contribution is -2.33. The number of fused-ring (bicyclic) bond motifs is 1. The number of aliphatic imine (C=N–C) groups is 1. The van der Waals surface area contributed by atoms with E-state index in [-0.39, 0.29) is 0 Å². The second-order valence-corrected chi connectivity index (χ2v) is 5.37. The Labute approximate surface area is 115 Å². The molecule has 3 nitrogen and oxygen atoms in total. The summed E-state index contributed by atoms with van der Waals surface area (Å²) in [5.74, 6) is 1.01. The van der Waals surface area contributed by atoms with Crippen LogP contribution in [0.5, 0.6) is 0 Å². The van der Waals surface area contributed by atoms with Crippen molar-refractivity contribution in [2.24, 2.45) is 4.99 Å². The van der Waals surface area contributed by atoms with Gasteiger partial charge in [-0.25, -0.2) is 0 Å². The largest absolute Gasteiger partial charge is 0.373 e. The second-order valence-electron chi connectivity index (χ2n) is 5.37. The fourth-order valence-electron chi connectivity index (χ4n) is 2.82. The molecule has 0 saturated heterocycles. The molecule has 1 aromatic carbocycles. The van der Waals surface area contributed by atoms with Gasteiger partial charge < -0.3 is 10.1 Å². The molecule has 1 aliphatic carbocycles. The van der Waals surface area contributed by atoms with Gasteiger partial charge in [-0.2, -0.15) is 0 Å². The fourth-order valence-corrected chi connectivity index (χ4v) is 2.82. The van der Waals surface area contributed by atoms with Crippen LogP contribution in [-0.4, -0.2) is 32.1 Å². The zero-order valence-electron chi connectivity index (χ0n) is 11.5. The molecule has 3 rings (SSSR count). The number of amidine groups is 1. The topological polar surface area (TPSA) is 33.6 Å². The van der Waals surface area contributed by atoms with Gasteiger partial charge in [0.05, 0.1) is 6.61 Å². The highest BCUT2D eigenvalue weighted by Gasteiger charge is 2.10. The Hall–Kier alpha value is -1.35. The molecule has 1 N–H and O–H groups in total. The number of hydrogen-bond donors (Lipinski definition) is 1. The second kappa shape index (κ2) is 6.20. The lowest BCUT2D eigenvalue weighted by Gasteiger charge is -2.14. The number of nitrogens with zero attached hydrogens (tertiary/aromatic N) is 1. The first-order valence-electron chi connectivity index (χ1n) is 7.37. The van der Waals surface area contributed by atoms with E-state index < -0.39 is 0 Å². The van der Waals surface area contributed by atoms with Gasteiger partial charge in [-0.15, -0.1) is 0 Å². The van der Waals surface area contributed by atoms with Gasteiger partial charge >= 0.3 is 0 Å². The van der Waals surface area contributed by atoms with Crippen molar-refractivity contribution in [3.8, 4) is 0 Å². The Morgan fingerprint density at radius 2 is 2.11 bits per heavy atom. The summed E-state index contributed by atoms with van der Waals surface area (Å²) in [5, 5.41) is 3.28. The lowest BCUT2D eigenvalue weighted by molar-refractivity contribution is 0.172. The van der Waals surface area contributed by atoms with Crippen molar-refractivity contribution in [2.45, 2.75) is 32.1 Å². The Bertz CT molecular complexity index is 468. The maximum absolute atomic E-state index is 5.70. The smallest absolute Gasteiger partial charge is 0.123 e. The highest BCUT2D eigenvalue weighted by molar-refractivity contribution is 5.83. The molecule has 0 atom stereocenters. The third kappa shape index (κ3) is 3.35. The molecule has 2 aliphatic rings. The highest BCUT2D eigenvalue weighted by atomic mass is 16.5. The summed E-state index contributed by atoms with van der Waals surface area (Å²) < 4.78 is 5.70. The molecule has 1 aliphatic heterocycles. The third-order valence-corrected chi connectivity index (χ3v) is 3.90. The fraction of sp³-hybridized carbons (Fsp3) is 0.562. The molecule has 0 radical (unpaired) electrons. The summed E-state index contributed by atoms with van der Waals surface area (Å²) >= 11 is 0. The zero-order valence-corrected chi connectivity index (χ0v) is 11.5. The van der Waals surface area contributed by atoms with Gasteiger partial charge in [0.1, 0.15) is 12.4 Å². The van der Waals surface area contributed by atoms with Crippen molar-refractivity contribution in [1.29, 1.82) is 0 Å². The molecule has 19 heavy (non-hydrogen) atoms. The number of aryl methyl sites for hydroxylation is 2. The summed E-state index contributed by atoms with van der Waals surface area (Å²) in [5.41, 5.74) is 4.50. The van der Waals surface area contributed by atoms with E-state index in [0.29, 0.717) is 6.61 Å². The van der Waals surface area contributed by atoms with Crippen molar-refractivity contribution < 1.29 is 4.74 Å². The van der Waals surface area contributed by atoms with Crippen LogP contribution >= 0.6 is 0 Å². The number of ether oxygens (including phenoxy) is 1. The number of nitrogens with one attached hydrogen (secondary N) is 1. The number of hydrogen-bond acceptors (Lipinski definition) is 3. The van der Waals surface area contributed by atoms with E-state index in [1.54, 1.807) is 11.1 Å². The quantitative estimate of drug-likeness (QED) is 0.821. The van der Waals surface area contributed by atoms with Gasteiger partial charge in [0.25, 0.3) is 0 Å². The van der Waals surface area contributed by atoms with Crippen molar-refractivity contribution in [2.75, 3.05) is 26.3 Å². The molecule has 0 amide bonds. The molecule has 0 bridgehead atoms. The van der Waals surface area contributed by atoms with E-state index in [2.05, 4.69) is 28.5 Å². The first-order valence-corrected chi connectivity index (χ1v) is 7.37. The molecule has 0 unspecified atom stereocenters. The predicted octanol–water partition coefficient (Wildman–Crippen LogP) is 2.13. The average molecular weight is 258 g/mol. The summed E-state index contributed by atoms with van der Waals surface area (Å²) in [6.45, 7) is 3.38. The predicted molar refractivity (Wildman–Crippen MR) is 77.9 cm³/mol. The van der Waals surface area contributed by atoms with Crippen LogP contribution in [0.15, 0.2) is 23.2 Å². The Morgan fingerprint density at radius 1 is 1.16 bits per heavy atom. The van der Waals surface area contributed by atoms with E-state index in [9.17, 15) is 0 Å². The van der Waals surface area contributed by atoms with Crippen LogP contribution < -0.4 is 5.32 Å². The molecule has 0 spiro atoms. The van der Waals surface area contributed by atoms with Gasteiger partial charge in [-0.1, -0.05) is 18.2 Å². The Kier molecular flexibility index (Phi) is 4.13. The van der Waals surface area contributed by atoms with Crippen molar-refractivity contribution in [3.63, 3.8) is 0 Å². The van der Waals surface area contributed by atoms with Gasteiger partial charge in [-0.3, -0.25) is 4.99 Å². The van der Waals surface area contributed by atoms with Crippen LogP contribution in [0.2, 0.25) is 0 Å². The molecule has 0 fully saturated rings. The molecule has 0 aromatic heterocycles. The minimum absolute atomic E-state index is 0.630. The van der Waals surface area contributed by atoms with Crippen molar-refractivity contribution >= 4 is 5.84 Å². The molecule has 102 valence electrons. The van der Waals surface area contributed by atoms with Crippen LogP contribution in [0.3, 0.4) is 0 Å². The maximum atomic E-state index is 5.70. The average Bonchev–Trinajstić information content (AvgIpc) is 2.92. The maximum Gasteiger partial charge on any atom is 0.123 e. The molecule has 1 heterocycles. The molecule has 0 saturated carbocycles. The summed E-state index contributed by atoms with van der Waals surface area (Å²) in [6, 6.07) is 6.91. The summed E-state index contributed by atoms with van der Waals surface area (Å²) in [6.07, 6.45) is 5.97. The molecular formula is C16H22N2O. The van der Waals surface area contributed by atoms with E-state index in [0.717, 1.165) is 38.4 Å². The van der Waals surface area contributed by atoms with E-state index >= 15 is 0 Å². The van der Waals surface area contributed by atoms with Gasteiger partial charge in [0.2, 0.25) is 0 Å². The first-order chi connectivity index (χ1) is 9.42. The zero-order chi connectivity index (χ0) is 12.9. The van der Waals surface area contributed by atoms with E-state index in [1.165, 1.54) is 24.8 Å². The minimum atomic E-state index is 0.630. The van der Waals surface area contributed by atoms with E-state index in [1.807, 2.05) is 0 Å². The number of rotatable bonds is 5. The van der Waals surface area contributed by atoms with Crippen LogP contribution in [-0.2, 0) is 24.0 Å². The van der Waals surface area contributed by atoms with Crippen LogP contribution in [0.1, 0.15) is 29.5 Å². The van der Waals surface area contributed by atoms with Crippen molar-refractivity contribution in [1.82, 2.24) is 5.32 Å². The van der Waals surface area contributed by atoms with Crippen molar-refractivity contribution in [3.05, 3.63) is 34.9 Å². The summed E-state index contributed by atoms with van der Waals surface area (Å²) in [7, 11) is 0. The van der Waals surface area contributed by atoms with Gasteiger partial charge in [-0.05, 0) is 48.8 Å². The lowest BCUT2D eigenvalue weighted by atomic mass is 10.0. The van der Waals surface area contributed by atoms with E-state index in [4.69, 9.17) is 4.74 Å². The normalized spacial score (nSPS) is 17.8. The first kappa shape index (κ1) is 12.7. The van der Waals surface area contributed by atoms with Crippen LogP contribution in [0.25, 0.3) is 0 Å².